The van der Waals surface area contributed by atoms with Crippen LogP contribution in [0.15, 0.2) is 29.2 Å². The maximum absolute atomic E-state index is 11.9. The Balaban J connectivity index is 1.99. The van der Waals surface area contributed by atoms with E-state index in [9.17, 15) is 9.59 Å². The van der Waals surface area contributed by atoms with Crippen LogP contribution in [-0.4, -0.2) is 35.4 Å². The van der Waals surface area contributed by atoms with Crippen molar-refractivity contribution in [2.45, 2.75) is 26.3 Å². The lowest BCUT2D eigenvalue weighted by Gasteiger charge is -2.16. The molecule has 2 heterocycles. The molecule has 0 aromatic carbocycles. The summed E-state index contributed by atoms with van der Waals surface area (Å²) in [5.74, 6) is -0.408. The molecule has 0 unspecified atom stereocenters. The molecule has 6 nitrogen and oxygen atoms in total. The third-order valence-corrected chi connectivity index (χ3v) is 3.15. The quantitative estimate of drug-likeness (QED) is 0.592. The topological polar surface area (TPSA) is 64.4 Å². The fraction of sp³-hybridized carbons (Fsp3) is 0.500. The van der Waals surface area contributed by atoms with E-state index >= 15 is 0 Å². The molecule has 6 heteroatoms. The monoisotopic (exact) mass is 277 g/mol. The second kappa shape index (κ2) is 6.88. The molecule has 20 heavy (non-hydrogen) atoms. The molecule has 0 N–H and O–H groups in total. The van der Waals surface area contributed by atoms with Gasteiger partial charge in [-0.2, -0.15) is 5.10 Å². The summed E-state index contributed by atoms with van der Waals surface area (Å²) < 4.78 is 6.07. The summed E-state index contributed by atoms with van der Waals surface area (Å²) in [6.45, 7) is 4.31. The lowest BCUT2D eigenvalue weighted by Crippen LogP contribution is -2.25. The van der Waals surface area contributed by atoms with E-state index < -0.39 is 5.97 Å². The van der Waals surface area contributed by atoms with Gasteiger partial charge in [0.1, 0.15) is 0 Å². The van der Waals surface area contributed by atoms with Gasteiger partial charge >= 0.3 is 5.97 Å². The van der Waals surface area contributed by atoms with Crippen LogP contribution >= 0.6 is 0 Å². The van der Waals surface area contributed by atoms with Crippen molar-refractivity contribution in [2.75, 3.05) is 24.6 Å². The molecular weight excluding hydrogens is 258 g/mol. The predicted molar refractivity (Wildman–Crippen MR) is 75.7 cm³/mol. The van der Waals surface area contributed by atoms with E-state index in [1.54, 1.807) is 25.3 Å². The first-order valence-corrected chi connectivity index (χ1v) is 6.86. The van der Waals surface area contributed by atoms with Crippen molar-refractivity contribution in [2.24, 2.45) is 0 Å². The number of anilines is 1. The number of rotatable bonds is 5. The third-order valence-electron chi connectivity index (χ3n) is 3.15. The molecule has 0 atom stereocenters. The third kappa shape index (κ3) is 3.69. The number of hydrogen-bond acceptors (Lipinski definition) is 5. The SMILES string of the molecule is CCOC(=O)/C=C/Cn1ncc(N2CCCC2)cc1=O. The Morgan fingerprint density at radius 3 is 2.85 bits per heavy atom. The van der Waals surface area contributed by atoms with Gasteiger partial charge < -0.3 is 9.64 Å². The van der Waals surface area contributed by atoms with Crippen molar-refractivity contribution in [3.63, 3.8) is 0 Å². The van der Waals surface area contributed by atoms with Crippen LogP contribution in [0.5, 0.6) is 0 Å². The van der Waals surface area contributed by atoms with Crippen LogP contribution in [0.4, 0.5) is 5.69 Å². The van der Waals surface area contributed by atoms with Crippen molar-refractivity contribution in [1.82, 2.24) is 9.78 Å². The molecule has 1 aliphatic heterocycles. The Morgan fingerprint density at radius 1 is 1.45 bits per heavy atom. The summed E-state index contributed by atoms with van der Waals surface area (Å²) in [6, 6.07) is 1.59. The van der Waals surface area contributed by atoms with Gasteiger partial charge in [-0.1, -0.05) is 6.08 Å². The number of hydrogen-bond donors (Lipinski definition) is 0. The highest BCUT2D eigenvalue weighted by Crippen LogP contribution is 2.16. The van der Waals surface area contributed by atoms with Gasteiger partial charge in [0.05, 0.1) is 25.0 Å². The number of nitrogens with zero attached hydrogens (tertiary/aromatic N) is 3. The molecule has 1 aromatic rings. The first-order chi connectivity index (χ1) is 9.70. The maximum atomic E-state index is 11.9. The largest absolute Gasteiger partial charge is 0.463 e. The number of aromatic nitrogens is 2. The van der Waals surface area contributed by atoms with Crippen LogP contribution in [-0.2, 0) is 16.1 Å². The first kappa shape index (κ1) is 14.3. The lowest BCUT2D eigenvalue weighted by atomic mass is 10.4. The van der Waals surface area contributed by atoms with E-state index in [1.165, 1.54) is 10.8 Å². The Morgan fingerprint density at radius 2 is 2.20 bits per heavy atom. The zero-order chi connectivity index (χ0) is 14.4. The van der Waals surface area contributed by atoms with Gasteiger partial charge in [0.2, 0.25) is 0 Å². The van der Waals surface area contributed by atoms with Gasteiger partial charge in [0, 0.05) is 25.2 Å². The van der Waals surface area contributed by atoms with Crippen LogP contribution < -0.4 is 10.5 Å². The van der Waals surface area contributed by atoms with Crippen molar-refractivity contribution in [3.8, 4) is 0 Å². The highest BCUT2D eigenvalue weighted by molar-refractivity contribution is 5.81. The summed E-state index contributed by atoms with van der Waals surface area (Å²) >= 11 is 0. The molecule has 0 radical (unpaired) electrons. The summed E-state index contributed by atoms with van der Waals surface area (Å²) in [5.41, 5.74) is 0.709. The van der Waals surface area contributed by atoms with Crippen molar-refractivity contribution < 1.29 is 9.53 Å². The average Bonchev–Trinajstić information content (AvgIpc) is 2.95. The summed E-state index contributed by atoms with van der Waals surface area (Å²) in [6.07, 6.45) is 6.90. The zero-order valence-electron chi connectivity index (χ0n) is 11.6. The molecule has 0 saturated carbocycles. The standard InChI is InChI=1S/C14H19N3O3/c1-2-20-14(19)6-5-9-17-13(18)10-12(11-15-17)16-7-3-4-8-16/h5-6,10-11H,2-4,7-9H2,1H3/b6-5+. The Bertz CT molecular complexity index is 545. The van der Waals surface area contributed by atoms with Crippen LogP contribution in [0, 0.1) is 0 Å². The van der Waals surface area contributed by atoms with Crippen LogP contribution in [0.2, 0.25) is 0 Å². The second-order valence-electron chi connectivity index (χ2n) is 4.58. The molecule has 0 amide bonds. The number of allylic oxidation sites excluding steroid dienone is 1. The van der Waals surface area contributed by atoms with E-state index in [0.717, 1.165) is 31.6 Å². The van der Waals surface area contributed by atoms with Crippen LogP contribution in [0.1, 0.15) is 19.8 Å². The molecule has 0 spiro atoms. The number of carbonyl (C=O) groups excluding carboxylic acids is 1. The van der Waals surface area contributed by atoms with Crippen molar-refractivity contribution >= 4 is 11.7 Å². The molecule has 1 saturated heterocycles. The van der Waals surface area contributed by atoms with Crippen molar-refractivity contribution in [1.29, 1.82) is 0 Å². The Labute approximate surface area is 117 Å². The second-order valence-corrected chi connectivity index (χ2v) is 4.58. The number of carbonyl (C=O) groups is 1. The van der Waals surface area contributed by atoms with Gasteiger partial charge in [0.25, 0.3) is 5.56 Å². The average molecular weight is 277 g/mol. The summed E-state index contributed by atoms with van der Waals surface area (Å²) in [5, 5.41) is 4.12. The fourth-order valence-corrected chi connectivity index (χ4v) is 2.15. The first-order valence-electron chi connectivity index (χ1n) is 6.86. The van der Waals surface area contributed by atoms with Gasteiger partial charge in [-0.3, -0.25) is 4.79 Å². The van der Waals surface area contributed by atoms with E-state index in [-0.39, 0.29) is 12.1 Å². The molecule has 0 aliphatic carbocycles. The molecule has 1 aliphatic rings. The molecule has 1 fully saturated rings. The molecule has 1 aromatic heterocycles. The summed E-state index contributed by atoms with van der Waals surface area (Å²) in [7, 11) is 0. The van der Waals surface area contributed by atoms with E-state index in [1.807, 2.05) is 0 Å². The Kier molecular flexibility index (Phi) is 4.92. The summed E-state index contributed by atoms with van der Waals surface area (Å²) in [4.78, 5) is 25.2. The van der Waals surface area contributed by atoms with Gasteiger partial charge in [-0.25, -0.2) is 9.48 Å². The van der Waals surface area contributed by atoms with Crippen LogP contribution in [0.3, 0.4) is 0 Å². The molecule has 2 rings (SSSR count). The number of esters is 1. The van der Waals surface area contributed by atoms with Gasteiger partial charge in [-0.05, 0) is 19.8 Å². The van der Waals surface area contributed by atoms with Gasteiger partial charge in [0.15, 0.2) is 0 Å². The smallest absolute Gasteiger partial charge is 0.330 e. The Hall–Kier alpha value is -2.11. The van der Waals surface area contributed by atoms with Crippen molar-refractivity contribution in [3.05, 3.63) is 34.8 Å². The van der Waals surface area contributed by atoms with E-state index in [4.69, 9.17) is 4.74 Å². The van der Waals surface area contributed by atoms with E-state index in [0.29, 0.717) is 6.61 Å². The zero-order valence-corrected chi connectivity index (χ0v) is 11.6. The number of ether oxygens (including phenoxy) is 1. The molecule has 108 valence electrons. The highest BCUT2D eigenvalue weighted by Gasteiger charge is 2.13. The highest BCUT2D eigenvalue weighted by atomic mass is 16.5. The van der Waals surface area contributed by atoms with Crippen LogP contribution in [0.25, 0.3) is 0 Å². The van der Waals surface area contributed by atoms with Gasteiger partial charge in [-0.15, -0.1) is 0 Å². The normalized spacial score (nSPS) is 14.9. The minimum absolute atomic E-state index is 0.164. The lowest BCUT2D eigenvalue weighted by molar-refractivity contribution is -0.137. The predicted octanol–water partition coefficient (Wildman–Crippen LogP) is 0.963. The minimum atomic E-state index is -0.408. The van der Waals surface area contributed by atoms with E-state index in [2.05, 4.69) is 10.00 Å². The minimum Gasteiger partial charge on any atom is -0.463 e. The maximum Gasteiger partial charge on any atom is 0.330 e. The molecule has 0 bridgehead atoms. The molecular formula is C14H19N3O3. The fourth-order valence-electron chi connectivity index (χ4n) is 2.15.